The van der Waals surface area contributed by atoms with Crippen LogP contribution in [0.3, 0.4) is 0 Å². The van der Waals surface area contributed by atoms with Crippen LogP contribution in [-0.4, -0.2) is 25.1 Å². The summed E-state index contributed by atoms with van der Waals surface area (Å²) in [4.78, 5) is 22.1. The molecule has 0 N–H and O–H groups in total. The largest absolute Gasteiger partial charge is 0.493 e. The average molecular weight is 317 g/mol. The molecule has 0 aromatic heterocycles. The highest BCUT2D eigenvalue weighted by molar-refractivity contribution is 5.90. The minimum Gasteiger partial charge on any atom is -0.493 e. The zero-order chi connectivity index (χ0) is 17.0. The van der Waals surface area contributed by atoms with Crippen molar-refractivity contribution in [1.82, 2.24) is 0 Å². The summed E-state index contributed by atoms with van der Waals surface area (Å²) < 4.78 is 15.4. The predicted molar refractivity (Wildman–Crippen MR) is 82.2 cm³/mol. The van der Waals surface area contributed by atoms with Gasteiger partial charge in [0.15, 0.2) is 11.5 Å². The molecule has 0 fully saturated rings. The van der Waals surface area contributed by atoms with Gasteiger partial charge in [0.2, 0.25) is 5.75 Å². The van der Waals surface area contributed by atoms with E-state index in [-0.39, 0.29) is 17.0 Å². The number of nitro groups is 1. The first-order valence-electron chi connectivity index (χ1n) is 6.65. The first kappa shape index (κ1) is 16.3. The lowest BCUT2D eigenvalue weighted by Gasteiger charge is -2.11. The standard InChI is InChI=1S/C16H15NO6/c1-10-4-6-14(21-2)15(8-10)23-13-7-5-11(16(18)22-3)9-12(13)17(19)20/h4-9H,1-3H3. The van der Waals surface area contributed by atoms with E-state index in [1.54, 1.807) is 12.1 Å². The van der Waals surface area contributed by atoms with Gasteiger partial charge in [0.25, 0.3) is 0 Å². The Kier molecular flexibility index (Phi) is 4.80. The molecule has 0 unspecified atom stereocenters. The first-order valence-corrected chi connectivity index (χ1v) is 6.65. The van der Waals surface area contributed by atoms with Gasteiger partial charge < -0.3 is 14.2 Å². The molecule has 7 nitrogen and oxygen atoms in total. The Morgan fingerprint density at radius 1 is 1.04 bits per heavy atom. The van der Waals surface area contributed by atoms with E-state index in [0.29, 0.717) is 11.5 Å². The van der Waals surface area contributed by atoms with Crippen molar-refractivity contribution in [2.75, 3.05) is 14.2 Å². The van der Waals surface area contributed by atoms with Gasteiger partial charge in [-0.2, -0.15) is 0 Å². The van der Waals surface area contributed by atoms with Crippen LogP contribution < -0.4 is 9.47 Å². The summed E-state index contributed by atoms with van der Waals surface area (Å²) in [6.45, 7) is 1.86. The molecule has 2 aromatic rings. The molecule has 0 radical (unpaired) electrons. The number of hydrogen-bond acceptors (Lipinski definition) is 6. The van der Waals surface area contributed by atoms with Crippen LogP contribution in [0.4, 0.5) is 5.69 Å². The smallest absolute Gasteiger partial charge is 0.338 e. The van der Waals surface area contributed by atoms with Crippen molar-refractivity contribution in [2.45, 2.75) is 6.92 Å². The summed E-state index contributed by atoms with van der Waals surface area (Å²) in [7, 11) is 2.68. The van der Waals surface area contributed by atoms with E-state index in [1.807, 2.05) is 13.0 Å². The highest BCUT2D eigenvalue weighted by atomic mass is 16.6. The second kappa shape index (κ2) is 6.78. The van der Waals surface area contributed by atoms with Gasteiger partial charge in [0.05, 0.1) is 24.7 Å². The third-order valence-corrected chi connectivity index (χ3v) is 3.12. The van der Waals surface area contributed by atoms with Gasteiger partial charge in [-0.3, -0.25) is 10.1 Å². The molecule has 0 aliphatic carbocycles. The minimum absolute atomic E-state index is 0.00607. The molecule has 0 saturated carbocycles. The van der Waals surface area contributed by atoms with Crippen molar-refractivity contribution in [3.63, 3.8) is 0 Å². The average Bonchev–Trinajstić information content (AvgIpc) is 2.54. The molecule has 0 bridgehead atoms. The SMILES string of the molecule is COC(=O)c1ccc(Oc2cc(C)ccc2OC)c([N+](=O)[O-])c1. The molecule has 7 heteroatoms. The number of methoxy groups -OCH3 is 2. The van der Waals surface area contributed by atoms with E-state index >= 15 is 0 Å². The van der Waals surface area contributed by atoms with Crippen LogP contribution in [0.2, 0.25) is 0 Å². The number of carbonyl (C=O) groups is 1. The van der Waals surface area contributed by atoms with Crippen LogP contribution >= 0.6 is 0 Å². The number of carbonyl (C=O) groups excluding carboxylic acids is 1. The number of hydrogen-bond donors (Lipinski definition) is 0. The molecule has 0 spiro atoms. The fraction of sp³-hybridized carbons (Fsp3) is 0.188. The number of nitrogens with zero attached hydrogens (tertiary/aromatic N) is 1. The third-order valence-electron chi connectivity index (χ3n) is 3.12. The Morgan fingerprint density at radius 2 is 1.74 bits per heavy atom. The zero-order valence-electron chi connectivity index (χ0n) is 12.9. The normalized spacial score (nSPS) is 10.0. The first-order chi connectivity index (χ1) is 11.0. The molecule has 0 heterocycles. The lowest BCUT2D eigenvalue weighted by atomic mass is 10.2. The van der Waals surface area contributed by atoms with Crippen LogP contribution in [0, 0.1) is 17.0 Å². The van der Waals surface area contributed by atoms with E-state index in [0.717, 1.165) is 11.6 Å². The van der Waals surface area contributed by atoms with Crippen LogP contribution in [0.15, 0.2) is 36.4 Å². The second-order valence-electron chi connectivity index (χ2n) is 4.69. The van der Waals surface area contributed by atoms with E-state index < -0.39 is 10.9 Å². The van der Waals surface area contributed by atoms with Crippen molar-refractivity contribution in [2.24, 2.45) is 0 Å². The van der Waals surface area contributed by atoms with Gasteiger partial charge in [-0.25, -0.2) is 4.79 Å². The third kappa shape index (κ3) is 3.57. The van der Waals surface area contributed by atoms with Crippen molar-refractivity contribution in [1.29, 1.82) is 0 Å². The summed E-state index contributed by atoms with van der Waals surface area (Å²) in [6.07, 6.45) is 0. The molecular formula is C16H15NO6. The van der Waals surface area contributed by atoms with Crippen molar-refractivity contribution in [3.8, 4) is 17.2 Å². The van der Waals surface area contributed by atoms with Crippen LogP contribution in [0.25, 0.3) is 0 Å². The van der Waals surface area contributed by atoms with Gasteiger partial charge in [-0.15, -0.1) is 0 Å². The van der Waals surface area contributed by atoms with Gasteiger partial charge in [0, 0.05) is 6.07 Å². The highest BCUT2D eigenvalue weighted by Gasteiger charge is 2.20. The van der Waals surface area contributed by atoms with Crippen molar-refractivity contribution < 1.29 is 23.9 Å². The molecule has 120 valence electrons. The maximum absolute atomic E-state index is 11.5. The number of nitro benzene ring substituents is 1. The van der Waals surface area contributed by atoms with Crippen molar-refractivity contribution >= 4 is 11.7 Å². The summed E-state index contributed by atoms with van der Waals surface area (Å²) in [5.41, 5.74) is 0.647. The van der Waals surface area contributed by atoms with Crippen LogP contribution in [0.5, 0.6) is 17.2 Å². The van der Waals surface area contributed by atoms with Gasteiger partial charge in [-0.1, -0.05) is 6.07 Å². The Labute approximate surface area is 132 Å². The van der Waals surface area contributed by atoms with E-state index in [1.165, 1.54) is 26.4 Å². The molecule has 0 atom stereocenters. The molecule has 0 saturated heterocycles. The summed E-state index contributed by atoms with van der Waals surface area (Å²) >= 11 is 0. The molecular weight excluding hydrogens is 302 g/mol. The Hall–Kier alpha value is -3.09. The molecule has 2 aromatic carbocycles. The van der Waals surface area contributed by atoms with E-state index in [2.05, 4.69) is 4.74 Å². The van der Waals surface area contributed by atoms with E-state index in [4.69, 9.17) is 9.47 Å². The highest BCUT2D eigenvalue weighted by Crippen LogP contribution is 2.37. The van der Waals surface area contributed by atoms with E-state index in [9.17, 15) is 14.9 Å². The maximum atomic E-state index is 11.5. The zero-order valence-corrected chi connectivity index (χ0v) is 12.9. The quantitative estimate of drug-likeness (QED) is 0.476. The lowest BCUT2D eigenvalue weighted by molar-refractivity contribution is -0.385. The van der Waals surface area contributed by atoms with Gasteiger partial charge in [-0.05, 0) is 36.8 Å². The Balaban J connectivity index is 2.46. The molecule has 0 amide bonds. The van der Waals surface area contributed by atoms with Crippen LogP contribution in [-0.2, 0) is 4.74 Å². The van der Waals surface area contributed by atoms with Crippen LogP contribution in [0.1, 0.15) is 15.9 Å². The minimum atomic E-state index is -0.659. The predicted octanol–water partition coefficient (Wildman–Crippen LogP) is 3.49. The number of esters is 1. The van der Waals surface area contributed by atoms with Gasteiger partial charge in [0.1, 0.15) is 0 Å². The number of aryl methyl sites for hydroxylation is 1. The van der Waals surface area contributed by atoms with Crippen molar-refractivity contribution in [3.05, 3.63) is 57.6 Å². The Morgan fingerprint density at radius 3 is 2.35 bits per heavy atom. The van der Waals surface area contributed by atoms with Gasteiger partial charge >= 0.3 is 11.7 Å². The second-order valence-corrected chi connectivity index (χ2v) is 4.69. The molecule has 2 rings (SSSR count). The number of benzene rings is 2. The summed E-state index contributed by atoms with van der Waals surface area (Å²) in [6, 6.07) is 9.11. The molecule has 23 heavy (non-hydrogen) atoms. The monoisotopic (exact) mass is 317 g/mol. The Bertz CT molecular complexity index is 756. The summed E-state index contributed by atoms with van der Waals surface area (Å²) in [5.74, 6) is 0.141. The maximum Gasteiger partial charge on any atom is 0.338 e. The molecule has 0 aliphatic heterocycles. The fourth-order valence-electron chi connectivity index (χ4n) is 1.97. The summed E-state index contributed by atoms with van der Waals surface area (Å²) in [5, 5.41) is 11.2. The number of ether oxygens (including phenoxy) is 3. The fourth-order valence-corrected chi connectivity index (χ4v) is 1.97. The number of rotatable bonds is 5. The topological polar surface area (TPSA) is 87.9 Å². The lowest BCUT2D eigenvalue weighted by Crippen LogP contribution is -2.03. The molecule has 0 aliphatic rings.